The van der Waals surface area contributed by atoms with Crippen LogP contribution in [0.15, 0.2) is 48.7 Å². The van der Waals surface area contributed by atoms with Gasteiger partial charge in [-0.2, -0.15) is 0 Å². The minimum Gasteiger partial charge on any atom is -0.370 e. The number of pyridine rings is 1. The molecule has 0 bridgehead atoms. The molecule has 0 spiro atoms. The summed E-state index contributed by atoms with van der Waals surface area (Å²) in [4.78, 5) is 6.88. The molecule has 3 rings (SSSR count). The first-order chi connectivity index (χ1) is 11.7. The molecule has 0 radical (unpaired) electrons. The van der Waals surface area contributed by atoms with Gasteiger partial charge in [-0.1, -0.05) is 24.0 Å². The second-order valence-electron chi connectivity index (χ2n) is 6.06. The van der Waals surface area contributed by atoms with E-state index in [4.69, 9.17) is 0 Å². The standard InChI is InChI=1S/C21H21FN2/c1-3-21(24(2)19-8-5-9-19)20-13-12-17(15-23-20)11-10-16-6-4-7-18(22)14-16/h3-4,6-7,12-15,19H,5,8-9H2,1-2H3. The Morgan fingerprint density at radius 3 is 2.58 bits per heavy atom. The van der Waals surface area contributed by atoms with Gasteiger partial charge >= 0.3 is 0 Å². The van der Waals surface area contributed by atoms with Crippen molar-refractivity contribution in [3.63, 3.8) is 0 Å². The molecule has 2 nitrogen and oxygen atoms in total. The van der Waals surface area contributed by atoms with Gasteiger partial charge in [0, 0.05) is 30.4 Å². The highest BCUT2D eigenvalue weighted by Gasteiger charge is 2.24. The molecule has 1 saturated carbocycles. The maximum Gasteiger partial charge on any atom is 0.124 e. The van der Waals surface area contributed by atoms with E-state index in [9.17, 15) is 4.39 Å². The molecule has 1 aliphatic rings. The molecule has 0 atom stereocenters. The van der Waals surface area contributed by atoms with Crippen LogP contribution in [0.1, 0.15) is 43.0 Å². The first-order valence-corrected chi connectivity index (χ1v) is 8.30. The van der Waals surface area contributed by atoms with Crippen molar-refractivity contribution in [1.29, 1.82) is 0 Å². The Hall–Kier alpha value is -2.60. The molecule has 0 amide bonds. The Bertz CT molecular complexity index is 793. The van der Waals surface area contributed by atoms with Crippen molar-refractivity contribution in [1.82, 2.24) is 9.88 Å². The van der Waals surface area contributed by atoms with Crippen LogP contribution in [-0.4, -0.2) is 23.0 Å². The number of nitrogens with zero attached hydrogens (tertiary/aromatic N) is 2. The quantitative estimate of drug-likeness (QED) is 0.776. The zero-order valence-corrected chi connectivity index (χ0v) is 14.1. The Morgan fingerprint density at radius 1 is 1.21 bits per heavy atom. The summed E-state index contributed by atoms with van der Waals surface area (Å²) < 4.78 is 13.2. The van der Waals surface area contributed by atoms with Gasteiger partial charge in [0.25, 0.3) is 0 Å². The Morgan fingerprint density at radius 2 is 2.00 bits per heavy atom. The molecule has 2 aromatic rings. The topological polar surface area (TPSA) is 16.1 Å². The number of hydrogen-bond donors (Lipinski definition) is 0. The Labute approximate surface area is 143 Å². The lowest BCUT2D eigenvalue weighted by atomic mass is 9.91. The van der Waals surface area contributed by atoms with E-state index in [-0.39, 0.29) is 5.82 Å². The molecular weight excluding hydrogens is 299 g/mol. The molecule has 1 aromatic carbocycles. The maximum absolute atomic E-state index is 13.2. The average Bonchev–Trinajstić information content (AvgIpc) is 2.53. The van der Waals surface area contributed by atoms with Crippen LogP contribution in [0.25, 0.3) is 5.70 Å². The molecule has 1 heterocycles. The van der Waals surface area contributed by atoms with E-state index in [2.05, 4.69) is 34.8 Å². The lowest BCUT2D eigenvalue weighted by Crippen LogP contribution is -2.36. The van der Waals surface area contributed by atoms with E-state index >= 15 is 0 Å². The van der Waals surface area contributed by atoms with E-state index in [1.807, 2.05) is 19.1 Å². The SMILES string of the molecule is CC=C(c1ccc(C#Cc2cccc(F)c2)cn1)N(C)C1CCC1. The molecule has 1 fully saturated rings. The van der Waals surface area contributed by atoms with Crippen molar-refractivity contribution in [2.45, 2.75) is 32.2 Å². The van der Waals surface area contributed by atoms with E-state index in [0.717, 1.165) is 17.0 Å². The third-order valence-electron chi connectivity index (χ3n) is 4.48. The minimum absolute atomic E-state index is 0.271. The van der Waals surface area contributed by atoms with Gasteiger partial charge in [-0.15, -0.1) is 0 Å². The maximum atomic E-state index is 13.2. The van der Waals surface area contributed by atoms with Crippen molar-refractivity contribution < 1.29 is 4.39 Å². The molecule has 0 unspecified atom stereocenters. The predicted octanol–water partition coefficient (Wildman–Crippen LogP) is 4.47. The monoisotopic (exact) mass is 320 g/mol. The van der Waals surface area contributed by atoms with Crippen LogP contribution in [-0.2, 0) is 0 Å². The van der Waals surface area contributed by atoms with Crippen LogP contribution in [0.2, 0.25) is 0 Å². The molecule has 0 saturated heterocycles. The largest absolute Gasteiger partial charge is 0.370 e. The van der Waals surface area contributed by atoms with Crippen LogP contribution in [0.4, 0.5) is 4.39 Å². The molecule has 0 aliphatic heterocycles. The highest BCUT2D eigenvalue weighted by molar-refractivity contribution is 5.61. The van der Waals surface area contributed by atoms with Crippen LogP contribution in [0, 0.1) is 17.7 Å². The summed E-state index contributed by atoms with van der Waals surface area (Å²) in [6.07, 6.45) is 7.71. The van der Waals surface area contributed by atoms with Crippen molar-refractivity contribution >= 4 is 5.70 Å². The highest BCUT2D eigenvalue weighted by atomic mass is 19.1. The molecule has 24 heavy (non-hydrogen) atoms. The summed E-state index contributed by atoms with van der Waals surface area (Å²) in [6, 6.07) is 10.9. The summed E-state index contributed by atoms with van der Waals surface area (Å²) in [7, 11) is 2.14. The minimum atomic E-state index is -0.271. The smallest absolute Gasteiger partial charge is 0.124 e. The summed E-state index contributed by atoms with van der Waals surface area (Å²) in [6.45, 7) is 2.05. The van der Waals surface area contributed by atoms with Crippen molar-refractivity contribution in [2.75, 3.05) is 7.05 Å². The highest BCUT2D eigenvalue weighted by Crippen LogP contribution is 2.29. The van der Waals surface area contributed by atoms with E-state index in [0.29, 0.717) is 11.6 Å². The number of halogens is 1. The van der Waals surface area contributed by atoms with E-state index in [1.165, 1.54) is 31.4 Å². The fraction of sp³-hybridized carbons (Fsp3) is 0.286. The molecule has 0 N–H and O–H groups in total. The lowest BCUT2D eigenvalue weighted by molar-refractivity contribution is 0.228. The van der Waals surface area contributed by atoms with E-state index < -0.39 is 0 Å². The second kappa shape index (κ2) is 7.31. The van der Waals surface area contributed by atoms with Crippen LogP contribution < -0.4 is 0 Å². The van der Waals surface area contributed by atoms with Crippen LogP contribution in [0.3, 0.4) is 0 Å². The van der Waals surface area contributed by atoms with Crippen molar-refractivity contribution in [3.8, 4) is 11.8 Å². The van der Waals surface area contributed by atoms with E-state index in [1.54, 1.807) is 18.3 Å². The molecular formula is C21H21FN2. The second-order valence-corrected chi connectivity index (χ2v) is 6.06. The van der Waals surface area contributed by atoms with Crippen LogP contribution in [0.5, 0.6) is 0 Å². The Kier molecular flexibility index (Phi) is 4.96. The Balaban J connectivity index is 1.75. The molecule has 3 heteroatoms. The van der Waals surface area contributed by atoms with Gasteiger partial charge in [0.1, 0.15) is 5.82 Å². The number of aromatic nitrogens is 1. The fourth-order valence-electron chi connectivity index (χ4n) is 2.83. The summed E-state index contributed by atoms with van der Waals surface area (Å²) in [5.74, 6) is 5.73. The normalized spacial score (nSPS) is 14.5. The van der Waals surface area contributed by atoms with Gasteiger partial charge in [-0.05, 0) is 56.5 Å². The van der Waals surface area contributed by atoms with Gasteiger partial charge in [-0.25, -0.2) is 4.39 Å². The van der Waals surface area contributed by atoms with Gasteiger partial charge in [0.05, 0.1) is 11.4 Å². The fourth-order valence-corrected chi connectivity index (χ4v) is 2.83. The first kappa shape index (κ1) is 16.3. The third kappa shape index (κ3) is 3.65. The summed E-state index contributed by atoms with van der Waals surface area (Å²) in [5, 5.41) is 0. The molecule has 122 valence electrons. The van der Waals surface area contributed by atoms with Gasteiger partial charge < -0.3 is 4.90 Å². The average molecular weight is 320 g/mol. The first-order valence-electron chi connectivity index (χ1n) is 8.30. The molecule has 1 aromatic heterocycles. The summed E-state index contributed by atoms with van der Waals surface area (Å²) >= 11 is 0. The zero-order chi connectivity index (χ0) is 16.9. The van der Waals surface area contributed by atoms with Gasteiger partial charge in [0.2, 0.25) is 0 Å². The third-order valence-corrected chi connectivity index (χ3v) is 4.48. The lowest BCUT2D eigenvalue weighted by Gasteiger charge is -2.37. The number of allylic oxidation sites excluding steroid dienone is 1. The summed E-state index contributed by atoms with van der Waals surface area (Å²) in [5.41, 5.74) is 3.61. The van der Waals surface area contributed by atoms with Gasteiger partial charge in [0.15, 0.2) is 0 Å². The predicted molar refractivity (Wildman–Crippen MR) is 95.7 cm³/mol. The van der Waals surface area contributed by atoms with Crippen molar-refractivity contribution in [3.05, 3.63) is 71.3 Å². The number of rotatable bonds is 3. The number of benzene rings is 1. The van der Waals surface area contributed by atoms with Crippen molar-refractivity contribution in [2.24, 2.45) is 0 Å². The van der Waals surface area contributed by atoms with Crippen LogP contribution >= 0.6 is 0 Å². The van der Waals surface area contributed by atoms with Gasteiger partial charge in [-0.3, -0.25) is 4.98 Å². The zero-order valence-electron chi connectivity index (χ0n) is 14.1. The number of hydrogen-bond acceptors (Lipinski definition) is 2. The molecule has 1 aliphatic carbocycles.